The Morgan fingerprint density at radius 3 is 2.17 bits per heavy atom. The highest BCUT2D eigenvalue weighted by molar-refractivity contribution is 5.94. The molecule has 0 atom stereocenters. The van der Waals surface area contributed by atoms with Gasteiger partial charge in [0, 0.05) is 23.6 Å². The molecule has 0 aromatic heterocycles. The summed E-state index contributed by atoms with van der Waals surface area (Å²) in [6, 6.07) is 22.4. The summed E-state index contributed by atoms with van der Waals surface area (Å²) in [5.41, 5.74) is 4.45. The number of amides is 2. The van der Waals surface area contributed by atoms with Gasteiger partial charge >= 0.3 is 12.1 Å². The van der Waals surface area contributed by atoms with E-state index in [2.05, 4.69) is 34.9 Å². The van der Waals surface area contributed by atoms with E-state index in [1.54, 1.807) is 12.1 Å². The Morgan fingerprint density at radius 2 is 1.54 bits per heavy atom. The molecule has 180 valence electrons. The van der Waals surface area contributed by atoms with Gasteiger partial charge in [-0.05, 0) is 60.7 Å². The number of hydrogen-bond acceptors (Lipinski definition) is 4. The lowest BCUT2D eigenvalue weighted by molar-refractivity contribution is -0.116. The Hall–Kier alpha value is -4.13. The molecule has 1 aliphatic rings. The summed E-state index contributed by atoms with van der Waals surface area (Å²) in [5.74, 6) is -1.35. The molecule has 1 aliphatic carbocycles. The number of carboxylic acids is 1. The third kappa shape index (κ3) is 5.69. The van der Waals surface area contributed by atoms with Crippen LogP contribution < -0.4 is 10.6 Å². The summed E-state index contributed by atoms with van der Waals surface area (Å²) >= 11 is 0. The SMILES string of the molecule is CC(C)(CCC(=O)Nc1cccc(C(=O)O)c1)NC(=O)OCC1c2ccccc2-c2ccccc21. The number of carbonyl (C=O) groups is 3. The van der Waals surface area contributed by atoms with Crippen molar-refractivity contribution in [3.05, 3.63) is 89.5 Å². The Balaban J connectivity index is 1.29. The molecule has 0 radical (unpaired) electrons. The number of alkyl carbamates (subject to hydrolysis) is 1. The number of rotatable bonds is 8. The highest BCUT2D eigenvalue weighted by atomic mass is 16.5. The van der Waals surface area contributed by atoms with Crippen molar-refractivity contribution in [2.24, 2.45) is 0 Å². The zero-order chi connectivity index (χ0) is 25.0. The molecule has 0 spiro atoms. The molecule has 3 aromatic rings. The molecule has 7 heteroatoms. The third-order valence-electron chi connectivity index (χ3n) is 6.15. The smallest absolute Gasteiger partial charge is 0.407 e. The summed E-state index contributed by atoms with van der Waals surface area (Å²) in [4.78, 5) is 36.0. The van der Waals surface area contributed by atoms with Gasteiger partial charge in [-0.3, -0.25) is 4.79 Å². The Kier molecular flexibility index (Phi) is 6.87. The van der Waals surface area contributed by atoms with E-state index in [0.29, 0.717) is 12.1 Å². The van der Waals surface area contributed by atoms with Gasteiger partial charge in [-0.25, -0.2) is 9.59 Å². The molecule has 2 amide bonds. The zero-order valence-corrected chi connectivity index (χ0v) is 19.7. The van der Waals surface area contributed by atoms with E-state index in [0.717, 1.165) is 22.3 Å². The number of fused-ring (bicyclic) bond motifs is 3. The monoisotopic (exact) mass is 472 g/mol. The van der Waals surface area contributed by atoms with Crippen molar-refractivity contribution in [2.45, 2.75) is 38.1 Å². The first-order valence-corrected chi connectivity index (χ1v) is 11.5. The molecule has 0 unspecified atom stereocenters. The lowest BCUT2D eigenvalue weighted by atomic mass is 9.98. The van der Waals surface area contributed by atoms with E-state index in [1.165, 1.54) is 12.1 Å². The van der Waals surface area contributed by atoms with Crippen LogP contribution in [0.15, 0.2) is 72.8 Å². The Bertz CT molecular complexity index is 1220. The standard InChI is InChI=1S/C28H28N2O5/c1-28(2,15-14-25(31)29-19-9-7-8-18(16-19)26(32)33)30-27(34)35-17-24-22-12-5-3-10-20(22)21-11-4-6-13-23(21)24/h3-13,16,24H,14-15,17H2,1-2H3,(H,29,31)(H,30,34)(H,32,33). The van der Waals surface area contributed by atoms with Gasteiger partial charge in [-0.2, -0.15) is 0 Å². The van der Waals surface area contributed by atoms with Crippen molar-refractivity contribution < 1.29 is 24.2 Å². The van der Waals surface area contributed by atoms with Gasteiger partial charge in [0.2, 0.25) is 5.91 Å². The minimum atomic E-state index is -1.06. The van der Waals surface area contributed by atoms with Gasteiger partial charge in [0.1, 0.15) is 6.61 Å². The molecule has 0 fully saturated rings. The first-order chi connectivity index (χ1) is 16.7. The lowest BCUT2D eigenvalue weighted by Crippen LogP contribution is -2.44. The van der Waals surface area contributed by atoms with Gasteiger partial charge in [0.05, 0.1) is 5.56 Å². The number of aromatic carboxylic acids is 1. The fraction of sp³-hybridized carbons (Fsp3) is 0.250. The normalized spacial score (nSPS) is 12.4. The van der Waals surface area contributed by atoms with Crippen LogP contribution in [0.1, 0.15) is 54.1 Å². The topological polar surface area (TPSA) is 105 Å². The van der Waals surface area contributed by atoms with Crippen molar-refractivity contribution in [2.75, 3.05) is 11.9 Å². The van der Waals surface area contributed by atoms with E-state index in [1.807, 2.05) is 38.1 Å². The molecule has 4 rings (SSSR count). The van der Waals surface area contributed by atoms with Crippen LogP contribution in [0.25, 0.3) is 11.1 Å². The largest absolute Gasteiger partial charge is 0.478 e. The number of nitrogens with one attached hydrogen (secondary N) is 2. The lowest BCUT2D eigenvalue weighted by Gasteiger charge is -2.26. The van der Waals surface area contributed by atoms with Crippen LogP contribution in [0.4, 0.5) is 10.5 Å². The molecular weight excluding hydrogens is 444 g/mol. The second kappa shape index (κ2) is 10.0. The summed E-state index contributed by atoms with van der Waals surface area (Å²) in [7, 11) is 0. The average molecular weight is 473 g/mol. The van der Waals surface area contributed by atoms with Crippen LogP contribution in [0.2, 0.25) is 0 Å². The quantitative estimate of drug-likeness (QED) is 0.406. The second-order valence-corrected chi connectivity index (χ2v) is 9.27. The zero-order valence-electron chi connectivity index (χ0n) is 19.7. The Morgan fingerprint density at radius 1 is 0.914 bits per heavy atom. The molecule has 3 aromatic carbocycles. The number of benzene rings is 3. The Labute approximate surface area is 204 Å². The fourth-order valence-electron chi connectivity index (χ4n) is 4.35. The average Bonchev–Trinajstić information content (AvgIpc) is 3.15. The van der Waals surface area contributed by atoms with Crippen molar-refractivity contribution in [1.29, 1.82) is 0 Å². The maximum atomic E-state index is 12.6. The van der Waals surface area contributed by atoms with Crippen molar-refractivity contribution >= 4 is 23.7 Å². The molecule has 35 heavy (non-hydrogen) atoms. The molecule has 0 saturated carbocycles. The molecule has 0 aliphatic heterocycles. The molecular formula is C28H28N2O5. The van der Waals surface area contributed by atoms with Gasteiger partial charge < -0.3 is 20.5 Å². The molecule has 0 saturated heterocycles. The van der Waals surface area contributed by atoms with E-state index in [-0.39, 0.29) is 30.4 Å². The maximum absolute atomic E-state index is 12.6. The van der Waals surface area contributed by atoms with Crippen molar-refractivity contribution in [3.8, 4) is 11.1 Å². The summed E-state index contributed by atoms with van der Waals surface area (Å²) < 4.78 is 5.61. The van der Waals surface area contributed by atoms with Gasteiger partial charge in [-0.15, -0.1) is 0 Å². The number of ether oxygens (including phenoxy) is 1. The highest BCUT2D eigenvalue weighted by Crippen LogP contribution is 2.44. The van der Waals surface area contributed by atoms with Crippen LogP contribution in [0.3, 0.4) is 0 Å². The summed E-state index contributed by atoms with van der Waals surface area (Å²) in [6.45, 7) is 3.87. The van der Waals surface area contributed by atoms with Gasteiger partial charge in [0.15, 0.2) is 0 Å². The van der Waals surface area contributed by atoms with Crippen molar-refractivity contribution in [3.63, 3.8) is 0 Å². The van der Waals surface area contributed by atoms with Crippen LogP contribution >= 0.6 is 0 Å². The molecule has 0 heterocycles. The van der Waals surface area contributed by atoms with Crippen molar-refractivity contribution in [1.82, 2.24) is 5.32 Å². The predicted molar refractivity (Wildman–Crippen MR) is 134 cm³/mol. The first kappa shape index (κ1) is 24.0. The second-order valence-electron chi connectivity index (χ2n) is 9.27. The summed E-state index contributed by atoms with van der Waals surface area (Å²) in [6.07, 6.45) is -0.0123. The maximum Gasteiger partial charge on any atom is 0.407 e. The number of hydrogen-bond donors (Lipinski definition) is 3. The molecule has 7 nitrogen and oxygen atoms in total. The van der Waals surface area contributed by atoms with E-state index in [9.17, 15) is 14.4 Å². The minimum Gasteiger partial charge on any atom is -0.478 e. The van der Waals surface area contributed by atoms with Crippen LogP contribution in [-0.4, -0.2) is 35.2 Å². The number of carboxylic acid groups (broad SMARTS) is 1. The minimum absolute atomic E-state index is 0.0244. The molecule has 0 bridgehead atoms. The van der Waals surface area contributed by atoms with E-state index < -0.39 is 17.6 Å². The predicted octanol–water partition coefficient (Wildman–Crippen LogP) is 5.42. The van der Waals surface area contributed by atoms with Crippen LogP contribution in [0.5, 0.6) is 0 Å². The first-order valence-electron chi connectivity index (χ1n) is 11.5. The summed E-state index contributed by atoms with van der Waals surface area (Å²) in [5, 5.41) is 14.6. The van der Waals surface area contributed by atoms with Gasteiger partial charge in [-0.1, -0.05) is 54.6 Å². The number of anilines is 1. The fourth-order valence-corrected chi connectivity index (χ4v) is 4.35. The number of carbonyl (C=O) groups excluding carboxylic acids is 2. The molecule has 3 N–H and O–H groups in total. The van der Waals surface area contributed by atoms with Gasteiger partial charge in [0.25, 0.3) is 0 Å². The third-order valence-corrected chi connectivity index (χ3v) is 6.15. The highest BCUT2D eigenvalue weighted by Gasteiger charge is 2.30. The van der Waals surface area contributed by atoms with E-state index in [4.69, 9.17) is 9.84 Å². The van der Waals surface area contributed by atoms with Crippen LogP contribution in [-0.2, 0) is 9.53 Å². The van der Waals surface area contributed by atoms with Crippen LogP contribution in [0, 0.1) is 0 Å². The van der Waals surface area contributed by atoms with E-state index >= 15 is 0 Å².